The highest BCUT2D eigenvalue weighted by atomic mass is 79.9. The van der Waals surface area contributed by atoms with Crippen LogP contribution in [0.3, 0.4) is 0 Å². The lowest BCUT2D eigenvalue weighted by molar-refractivity contribution is -0.138. The molecule has 0 aromatic heterocycles. The van der Waals surface area contributed by atoms with Crippen LogP contribution in [-0.4, -0.2) is 31.6 Å². The predicted octanol–water partition coefficient (Wildman–Crippen LogP) is 2.47. The summed E-state index contributed by atoms with van der Waals surface area (Å²) in [5, 5.41) is 9.08. The first-order valence-electron chi connectivity index (χ1n) is 5.10. The highest BCUT2D eigenvalue weighted by Crippen LogP contribution is 2.42. The van der Waals surface area contributed by atoms with Gasteiger partial charge in [-0.1, -0.05) is 15.9 Å². The van der Waals surface area contributed by atoms with Crippen LogP contribution in [0.15, 0.2) is 10.5 Å². The van der Waals surface area contributed by atoms with Crippen molar-refractivity contribution in [3.05, 3.63) is 21.7 Å². The largest absolute Gasteiger partial charge is 0.492 e. The Morgan fingerprint density at radius 2 is 1.94 bits per heavy atom. The van der Waals surface area contributed by atoms with Gasteiger partial charge in [0.25, 0.3) is 0 Å². The summed E-state index contributed by atoms with van der Waals surface area (Å²) in [6.07, 6.45) is 0.626. The lowest BCUT2D eigenvalue weighted by atomic mass is 9.98. The third-order valence-corrected chi connectivity index (χ3v) is 3.25. The van der Waals surface area contributed by atoms with E-state index in [0.717, 1.165) is 0 Å². The van der Waals surface area contributed by atoms with Crippen molar-refractivity contribution in [1.82, 2.24) is 0 Å². The van der Waals surface area contributed by atoms with Crippen molar-refractivity contribution in [3.63, 3.8) is 0 Å². The maximum atomic E-state index is 11.1. The van der Waals surface area contributed by atoms with Crippen molar-refractivity contribution in [2.24, 2.45) is 0 Å². The number of carboxylic acid groups (broad SMARTS) is 1. The van der Waals surface area contributed by atoms with Crippen molar-refractivity contribution in [2.75, 3.05) is 14.2 Å². The summed E-state index contributed by atoms with van der Waals surface area (Å²) in [5.74, 6) is -1.29. The van der Waals surface area contributed by atoms with Gasteiger partial charge in [-0.25, -0.2) is 0 Å². The molecule has 0 aliphatic heterocycles. The first-order chi connectivity index (χ1) is 8.47. The molecule has 1 unspecified atom stereocenters. The van der Waals surface area contributed by atoms with Gasteiger partial charge < -0.3 is 14.6 Å². The summed E-state index contributed by atoms with van der Waals surface area (Å²) in [7, 11) is 2.80. The van der Waals surface area contributed by atoms with E-state index >= 15 is 0 Å². The number of rotatable bonds is 5. The molecule has 1 aromatic carbocycles. The minimum absolute atomic E-state index is 0.235. The second-order valence-corrected chi connectivity index (χ2v) is 4.46. The normalized spacial score (nSPS) is 11.8. The number of benzene rings is 1. The monoisotopic (exact) mass is 316 g/mol. The van der Waals surface area contributed by atoms with Crippen LogP contribution in [-0.2, 0) is 4.79 Å². The number of ether oxygens (including phenoxy) is 2. The zero-order valence-corrected chi connectivity index (χ0v) is 11.8. The van der Waals surface area contributed by atoms with Crippen molar-refractivity contribution in [2.45, 2.75) is 12.8 Å². The standard InChI is InChI=1S/C12H13BrO5/c1-6(12(15)16)9-8(13)4-7(5-14)10(17-2)11(9)18-3/h4-6H,1-3H3,(H,15,16). The Morgan fingerprint density at radius 3 is 2.33 bits per heavy atom. The highest BCUT2D eigenvalue weighted by Gasteiger charge is 2.26. The van der Waals surface area contributed by atoms with Gasteiger partial charge in [0.1, 0.15) is 0 Å². The van der Waals surface area contributed by atoms with Gasteiger partial charge in [0.05, 0.1) is 25.7 Å². The van der Waals surface area contributed by atoms with Crippen LogP contribution in [0.1, 0.15) is 28.8 Å². The van der Waals surface area contributed by atoms with E-state index in [9.17, 15) is 9.59 Å². The van der Waals surface area contributed by atoms with Crippen LogP contribution in [0, 0.1) is 0 Å². The fourth-order valence-electron chi connectivity index (χ4n) is 1.67. The first kappa shape index (κ1) is 14.5. The zero-order chi connectivity index (χ0) is 13.9. The number of methoxy groups -OCH3 is 2. The molecule has 0 heterocycles. The molecular weight excluding hydrogens is 304 g/mol. The van der Waals surface area contributed by atoms with Gasteiger partial charge in [-0.15, -0.1) is 0 Å². The lowest BCUT2D eigenvalue weighted by Crippen LogP contribution is -2.11. The molecule has 18 heavy (non-hydrogen) atoms. The second-order valence-electron chi connectivity index (χ2n) is 3.61. The average molecular weight is 317 g/mol. The SMILES string of the molecule is COc1c(C=O)cc(Br)c(C(C)C(=O)O)c1OC. The van der Waals surface area contributed by atoms with Crippen molar-refractivity contribution in [1.29, 1.82) is 0 Å². The number of hydrogen-bond donors (Lipinski definition) is 1. The van der Waals surface area contributed by atoms with E-state index in [0.29, 0.717) is 21.9 Å². The predicted molar refractivity (Wildman–Crippen MR) is 68.7 cm³/mol. The lowest BCUT2D eigenvalue weighted by Gasteiger charge is -2.18. The summed E-state index contributed by atoms with van der Waals surface area (Å²) >= 11 is 3.25. The van der Waals surface area contributed by atoms with E-state index in [1.807, 2.05) is 0 Å². The fourth-order valence-corrected chi connectivity index (χ4v) is 2.44. The van der Waals surface area contributed by atoms with Crippen LogP contribution in [0.2, 0.25) is 0 Å². The topological polar surface area (TPSA) is 72.8 Å². The third kappa shape index (κ3) is 2.48. The summed E-state index contributed by atoms with van der Waals surface area (Å²) in [6, 6.07) is 1.52. The van der Waals surface area contributed by atoms with E-state index in [-0.39, 0.29) is 11.5 Å². The Morgan fingerprint density at radius 1 is 1.39 bits per heavy atom. The Hall–Kier alpha value is -1.56. The number of hydrogen-bond acceptors (Lipinski definition) is 4. The fraction of sp³-hybridized carbons (Fsp3) is 0.333. The Balaban J connectivity index is 3.60. The summed E-state index contributed by atoms with van der Waals surface area (Å²) in [4.78, 5) is 22.0. The van der Waals surface area contributed by atoms with Crippen LogP contribution < -0.4 is 9.47 Å². The molecule has 0 saturated heterocycles. The number of aliphatic carboxylic acids is 1. The molecule has 0 saturated carbocycles. The van der Waals surface area contributed by atoms with Crippen LogP contribution in [0.25, 0.3) is 0 Å². The maximum Gasteiger partial charge on any atom is 0.310 e. The Labute approximate surface area is 113 Å². The highest BCUT2D eigenvalue weighted by molar-refractivity contribution is 9.10. The van der Waals surface area contributed by atoms with Crippen LogP contribution >= 0.6 is 15.9 Å². The Kier molecular flexibility index (Phi) is 4.72. The van der Waals surface area contributed by atoms with Crippen molar-refractivity contribution < 1.29 is 24.2 Å². The molecule has 0 aliphatic carbocycles. The minimum Gasteiger partial charge on any atom is -0.492 e. The smallest absolute Gasteiger partial charge is 0.310 e. The van der Waals surface area contributed by atoms with E-state index in [1.54, 1.807) is 0 Å². The minimum atomic E-state index is -0.991. The average Bonchev–Trinajstić information content (AvgIpc) is 2.36. The second kappa shape index (κ2) is 5.86. The molecule has 6 heteroatoms. The summed E-state index contributed by atoms with van der Waals surface area (Å²) in [5.41, 5.74) is 0.731. The number of carboxylic acids is 1. The first-order valence-corrected chi connectivity index (χ1v) is 5.89. The quantitative estimate of drug-likeness (QED) is 0.845. The molecule has 1 N–H and O–H groups in total. The zero-order valence-electron chi connectivity index (χ0n) is 10.2. The Bertz CT molecular complexity index is 484. The van der Waals surface area contributed by atoms with E-state index < -0.39 is 11.9 Å². The number of halogens is 1. The maximum absolute atomic E-state index is 11.1. The molecule has 5 nitrogen and oxygen atoms in total. The van der Waals surface area contributed by atoms with Gasteiger partial charge in [0.2, 0.25) is 0 Å². The molecular formula is C12H13BrO5. The third-order valence-electron chi connectivity index (χ3n) is 2.59. The van der Waals surface area contributed by atoms with Crippen molar-refractivity contribution >= 4 is 28.2 Å². The molecule has 0 fully saturated rings. The van der Waals surface area contributed by atoms with Gasteiger partial charge in [-0.05, 0) is 13.0 Å². The van der Waals surface area contributed by atoms with Crippen LogP contribution in [0.5, 0.6) is 11.5 Å². The number of carbonyl (C=O) groups excluding carboxylic acids is 1. The van der Waals surface area contributed by atoms with Gasteiger partial charge in [0.15, 0.2) is 17.8 Å². The van der Waals surface area contributed by atoms with Gasteiger partial charge in [-0.2, -0.15) is 0 Å². The molecule has 0 radical (unpaired) electrons. The molecule has 0 aliphatic rings. The molecule has 0 amide bonds. The molecule has 1 atom stereocenters. The molecule has 98 valence electrons. The van der Waals surface area contributed by atoms with Crippen molar-refractivity contribution in [3.8, 4) is 11.5 Å². The number of carbonyl (C=O) groups is 2. The molecule has 0 bridgehead atoms. The van der Waals surface area contributed by atoms with E-state index in [1.165, 1.54) is 27.2 Å². The van der Waals surface area contributed by atoms with Gasteiger partial charge in [-0.3, -0.25) is 9.59 Å². The van der Waals surface area contributed by atoms with Gasteiger partial charge >= 0.3 is 5.97 Å². The summed E-state index contributed by atoms with van der Waals surface area (Å²) < 4.78 is 10.8. The molecule has 1 rings (SSSR count). The van der Waals surface area contributed by atoms with Crippen LogP contribution in [0.4, 0.5) is 0 Å². The van der Waals surface area contributed by atoms with E-state index in [4.69, 9.17) is 14.6 Å². The summed E-state index contributed by atoms with van der Waals surface area (Å²) in [6.45, 7) is 1.53. The van der Waals surface area contributed by atoms with Gasteiger partial charge in [0, 0.05) is 10.0 Å². The van der Waals surface area contributed by atoms with E-state index in [2.05, 4.69) is 15.9 Å². The number of aldehydes is 1. The molecule has 1 aromatic rings. The molecule has 0 spiro atoms.